The molecule has 5 nitrogen and oxygen atoms in total. The highest BCUT2D eigenvalue weighted by atomic mass is 16.5. The van der Waals surface area contributed by atoms with Crippen LogP contribution in [0.15, 0.2) is 67.3 Å². The fraction of sp³-hybridized carbons (Fsp3) is 0.259. The van der Waals surface area contributed by atoms with E-state index < -0.39 is 0 Å². The minimum atomic E-state index is 0.217. The Labute approximate surface area is 189 Å². The molecule has 1 unspecified atom stereocenters. The number of hydrogen-bond donors (Lipinski definition) is 0. The van der Waals surface area contributed by atoms with Gasteiger partial charge in [-0.25, -0.2) is 9.97 Å². The van der Waals surface area contributed by atoms with Crippen LogP contribution in [0.25, 0.3) is 16.8 Å². The molecular weight excluding hydrogens is 396 g/mol. The molecule has 3 heterocycles. The highest BCUT2D eigenvalue weighted by molar-refractivity contribution is 5.78. The van der Waals surface area contributed by atoms with Crippen molar-refractivity contribution >= 4 is 5.82 Å². The summed E-state index contributed by atoms with van der Waals surface area (Å²) < 4.78 is 8.25. The van der Waals surface area contributed by atoms with Gasteiger partial charge in [0.2, 0.25) is 0 Å². The summed E-state index contributed by atoms with van der Waals surface area (Å²) in [5.41, 5.74) is 8.09. The summed E-state index contributed by atoms with van der Waals surface area (Å²) in [6, 6.07) is 17.5. The van der Waals surface area contributed by atoms with E-state index in [1.165, 1.54) is 16.7 Å². The molecule has 0 saturated heterocycles. The quantitative estimate of drug-likeness (QED) is 0.414. The second-order valence-corrected chi connectivity index (χ2v) is 8.56. The lowest BCUT2D eigenvalue weighted by molar-refractivity contribution is 0.300. The lowest BCUT2D eigenvalue weighted by Gasteiger charge is -2.36. The Balaban J connectivity index is 1.51. The lowest BCUT2D eigenvalue weighted by Crippen LogP contribution is -2.35. The van der Waals surface area contributed by atoms with Crippen molar-refractivity contribution in [3.63, 3.8) is 0 Å². The fourth-order valence-corrected chi connectivity index (χ4v) is 4.43. The second kappa shape index (κ2) is 8.15. The highest BCUT2D eigenvalue weighted by Crippen LogP contribution is 2.42. The van der Waals surface area contributed by atoms with Gasteiger partial charge >= 0.3 is 0 Å². The van der Waals surface area contributed by atoms with Gasteiger partial charge < -0.3 is 14.2 Å². The van der Waals surface area contributed by atoms with Crippen LogP contribution < -0.4 is 9.64 Å². The van der Waals surface area contributed by atoms with Crippen molar-refractivity contribution in [2.75, 3.05) is 18.1 Å². The molecule has 1 aliphatic rings. The van der Waals surface area contributed by atoms with Crippen molar-refractivity contribution in [3.05, 3.63) is 89.6 Å². The summed E-state index contributed by atoms with van der Waals surface area (Å²) in [6.45, 7) is 9.95. The number of anilines is 1. The molecule has 5 heteroatoms. The molecule has 32 heavy (non-hydrogen) atoms. The maximum Gasteiger partial charge on any atom is 0.172 e. The Morgan fingerprint density at radius 3 is 2.50 bits per heavy atom. The van der Waals surface area contributed by atoms with Crippen LogP contribution in [0.4, 0.5) is 5.82 Å². The summed E-state index contributed by atoms with van der Waals surface area (Å²) in [5, 5.41) is 0. The van der Waals surface area contributed by atoms with Crippen LogP contribution in [-0.2, 0) is 0 Å². The molecule has 162 valence electrons. The Bertz CT molecular complexity index is 1260. The zero-order valence-corrected chi connectivity index (χ0v) is 19.0. The number of aryl methyl sites for hydroxylation is 3. The SMILES string of the molecule is Cc1ccc(C(C)N2CCOc3c(-c4ccc(-n5cnc(C)c5)c(C)c4)ccnc32)cc1. The predicted molar refractivity (Wildman–Crippen MR) is 129 cm³/mol. The molecule has 0 fully saturated rings. The summed E-state index contributed by atoms with van der Waals surface area (Å²) in [5.74, 6) is 1.78. The standard InChI is InChI=1S/C27H28N4O/c1-18-5-7-22(8-6-18)21(4)31-13-14-32-26-24(11-12-28-27(26)31)23-9-10-25(19(2)15-23)30-16-20(3)29-17-30/h5-12,15-17,21H,13-14H2,1-4H3. The number of benzene rings is 2. The van der Waals surface area contributed by atoms with E-state index in [2.05, 4.69) is 83.8 Å². The number of imidazole rings is 1. The minimum absolute atomic E-state index is 0.217. The van der Waals surface area contributed by atoms with Gasteiger partial charge in [0, 0.05) is 23.6 Å². The van der Waals surface area contributed by atoms with Crippen LogP contribution in [0.3, 0.4) is 0 Å². The highest BCUT2D eigenvalue weighted by Gasteiger charge is 2.27. The average molecular weight is 425 g/mol. The van der Waals surface area contributed by atoms with Gasteiger partial charge in [0.25, 0.3) is 0 Å². The molecule has 0 aliphatic carbocycles. The van der Waals surface area contributed by atoms with Gasteiger partial charge in [0.1, 0.15) is 6.61 Å². The van der Waals surface area contributed by atoms with Gasteiger partial charge in [-0.2, -0.15) is 0 Å². The Kier molecular flexibility index (Phi) is 5.17. The largest absolute Gasteiger partial charge is 0.487 e. The minimum Gasteiger partial charge on any atom is -0.487 e. The van der Waals surface area contributed by atoms with E-state index in [0.29, 0.717) is 6.61 Å². The first kappa shape index (κ1) is 20.3. The predicted octanol–water partition coefficient (Wildman–Crippen LogP) is 5.82. The third kappa shape index (κ3) is 3.64. The van der Waals surface area contributed by atoms with E-state index in [1.807, 2.05) is 25.6 Å². The Morgan fingerprint density at radius 1 is 0.969 bits per heavy atom. The Hall–Kier alpha value is -3.60. The number of ether oxygens (including phenoxy) is 1. The molecule has 2 aromatic carbocycles. The summed E-state index contributed by atoms with van der Waals surface area (Å²) in [4.78, 5) is 11.4. The Morgan fingerprint density at radius 2 is 1.78 bits per heavy atom. The first-order chi connectivity index (χ1) is 15.5. The van der Waals surface area contributed by atoms with Crippen molar-refractivity contribution in [3.8, 4) is 22.6 Å². The first-order valence-electron chi connectivity index (χ1n) is 11.1. The van der Waals surface area contributed by atoms with E-state index in [4.69, 9.17) is 9.72 Å². The molecule has 0 amide bonds. The van der Waals surface area contributed by atoms with Gasteiger partial charge in [-0.3, -0.25) is 0 Å². The van der Waals surface area contributed by atoms with Crippen LogP contribution in [0.2, 0.25) is 0 Å². The first-order valence-corrected chi connectivity index (χ1v) is 11.1. The number of nitrogens with zero attached hydrogens (tertiary/aromatic N) is 4. The maximum atomic E-state index is 6.18. The van der Waals surface area contributed by atoms with Crippen LogP contribution in [0.5, 0.6) is 5.75 Å². The van der Waals surface area contributed by atoms with Crippen molar-refractivity contribution < 1.29 is 4.74 Å². The van der Waals surface area contributed by atoms with E-state index in [9.17, 15) is 0 Å². The molecule has 5 rings (SSSR count). The summed E-state index contributed by atoms with van der Waals surface area (Å²) >= 11 is 0. The number of pyridine rings is 1. The molecule has 1 atom stereocenters. The summed E-state index contributed by atoms with van der Waals surface area (Å²) in [6.07, 6.45) is 5.79. The van der Waals surface area contributed by atoms with E-state index in [-0.39, 0.29) is 6.04 Å². The van der Waals surface area contributed by atoms with Crippen molar-refractivity contribution in [1.29, 1.82) is 0 Å². The summed E-state index contributed by atoms with van der Waals surface area (Å²) in [7, 11) is 0. The van der Waals surface area contributed by atoms with Crippen LogP contribution in [0, 0.1) is 20.8 Å². The van der Waals surface area contributed by atoms with Crippen molar-refractivity contribution in [2.24, 2.45) is 0 Å². The smallest absolute Gasteiger partial charge is 0.172 e. The molecule has 0 saturated carbocycles. The molecule has 0 bridgehead atoms. The number of hydrogen-bond acceptors (Lipinski definition) is 4. The molecule has 0 N–H and O–H groups in total. The van der Waals surface area contributed by atoms with E-state index in [1.54, 1.807) is 0 Å². The van der Waals surface area contributed by atoms with Gasteiger partial charge in [-0.05, 0) is 62.6 Å². The van der Waals surface area contributed by atoms with Gasteiger partial charge in [0.15, 0.2) is 11.6 Å². The van der Waals surface area contributed by atoms with Crippen LogP contribution >= 0.6 is 0 Å². The molecule has 4 aromatic rings. The molecular formula is C27H28N4O. The number of aromatic nitrogens is 3. The third-order valence-electron chi connectivity index (χ3n) is 6.26. The van der Waals surface area contributed by atoms with Gasteiger partial charge in [-0.1, -0.05) is 35.9 Å². The zero-order chi connectivity index (χ0) is 22.2. The maximum absolute atomic E-state index is 6.18. The monoisotopic (exact) mass is 424 g/mol. The van der Waals surface area contributed by atoms with Gasteiger partial charge in [0.05, 0.1) is 24.6 Å². The topological polar surface area (TPSA) is 43.2 Å². The fourth-order valence-electron chi connectivity index (χ4n) is 4.43. The molecule has 1 aliphatic heterocycles. The van der Waals surface area contributed by atoms with Crippen molar-refractivity contribution in [2.45, 2.75) is 33.7 Å². The lowest BCUT2D eigenvalue weighted by atomic mass is 10.0. The van der Waals surface area contributed by atoms with E-state index in [0.717, 1.165) is 40.6 Å². The molecule has 2 aromatic heterocycles. The van der Waals surface area contributed by atoms with E-state index >= 15 is 0 Å². The third-order valence-corrected chi connectivity index (χ3v) is 6.26. The van der Waals surface area contributed by atoms with Crippen molar-refractivity contribution in [1.82, 2.24) is 14.5 Å². The molecule has 0 spiro atoms. The number of rotatable bonds is 4. The average Bonchev–Trinajstić information content (AvgIpc) is 3.24. The molecule has 0 radical (unpaired) electrons. The van der Waals surface area contributed by atoms with Crippen LogP contribution in [0.1, 0.15) is 35.3 Å². The second-order valence-electron chi connectivity index (χ2n) is 8.56. The normalized spacial score (nSPS) is 14.1. The van der Waals surface area contributed by atoms with Crippen LogP contribution in [-0.4, -0.2) is 27.7 Å². The zero-order valence-electron chi connectivity index (χ0n) is 19.0. The number of fused-ring (bicyclic) bond motifs is 1. The van der Waals surface area contributed by atoms with Gasteiger partial charge in [-0.15, -0.1) is 0 Å².